The van der Waals surface area contributed by atoms with Gasteiger partial charge >= 0.3 is 0 Å². The van der Waals surface area contributed by atoms with E-state index in [0.29, 0.717) is 72.9 Å². The van der Waals surface area contributed by atoms with Crippen molar-refractivity contribution >= 4 is 12.2 Å². The molecule has 6 unspecified atom stereocenters. The third kappa shape index (κ3) is 7.28. The molecule has 0 saturated heterocycles. The van der Waals surface area contributed by atoms with E-state index in [9.17, 15) is 46.0 Å². The van der Waals surface area contributed by atoms with Crippen LogP contribution in [0.25, 0.3) is 12.2 Å². The van der Waals surface area contributed by atoms with Crippen LogP contribution < -0.4 is 14.2 Å². The molecule has 11 rings (SSSR count). The minimum Gasteiger partial charge on any atom is -0.508 e. The average Bonchev–Trinajstić information content (AvgIpc) is 4.01. The van der Waals surface area contributed by atoms with Crippen LogP contribution in [-0.4, -0.2) is 46.0 Å². The molecule has 3 heterocycles. The summed E-state index contributed by atoms with van der Waals surface area (Å²) in [5.41, 5.74) is 6.51. The van der Waals surface area contributed by atoms with Gasteiger partial charge in [0, 0.05) is 40.5 Å². The highest BCUT2D eigenvalue weighted by Gasteiger charge is 2.49. The highest BCUT2D eigenvalue weighted by Crippen LogP contribution is 2.63. The first-order valence-electron chi connectivity index (χ1n) is 21.8. The molecule has 68 heavy (non-hydrogen) atoms. The van der Waals surface area contributed by atoms with Crippen LogP contribution in [0.4, 0.5) is 0 Å². The maximum absolute atomic E-state index is 11.8. The van der Waals surface area contributed by atoms with Gasteiger partial charge in [0.15, 0.2) is 0 Å². The minimum atomic E-state index is -0.866. The number of hydrogen-bond acceptors (Lipinski definition) is 12. The van der Waals surface area contributed by atoms with Crippen LogP contribution in [0, 0.1) is 0 Å². The Labute approximate surface area is 389 Å². The Kier molecular flexibility index (Phi) is 9.96. The first-order chi connectivity index (χ1) is 32.9. The predicted molar refractivity (Wildman–Crippen MR) is 251 cm³/mol. The van der Waals surface area contributed by atoms with Gasteiger partial charge in [-0.2, -0.15) is 0 Å². The molecule has 8 aromatic rings. The topological polar surface area (TPSA) is 210 Å². The van der Waals surface area contributed by atoms with Crippen LogP contribution in [0.15, 0.2) is 152 Å². The van der Waals surface area contributed by atoms with Crippen LogP contribution >= 0.6 is 0 Å². The molecule has 0 radical (unpaired) electrons. The van der Waals surface area contributed by atoms with Gasteiger partial charge < -0.3 is 60.2 Å². The lowest BCUT2D eigenvalue weighted by Crippen LogP contribution is -2.18. The van der Waals surface area contributed by atoms with Gasteiger partial charge in [-0.15, -0.1) is 0 Å². The molecule has 12 nitrogen and oxygen atoms in total. The van der Waals surface area contributed by atoms with Crippen molar-refractivity contribution in [3.8, 4) is 69.0 Å². The molecule has 0 bridgehead atoms. The van der Waals surface area contributed by atoms with E-state index in [-0.39, 0.29) is 51.7 Å². The smallest absolute Gasteiger partial charge is 0.135 e. The van der Waals surface area contributed by atoms with Crippen molar-refractivity contribution in [2.75, 3.05) is 0 Å². The van der Waals surface area contributed by atoms with E-state index >= 15 is 0 Å². The summed E-state index contributed by atoms with van der Waals surface area (Å²) in [6.45, 7) is 0. The van der Waals surface area contributed by atoms with Crippen molar-refractivity contribution in [1.82, 2.24) is 0 Å². The van der Waals surface area contributed by atoms with Crippen molar-refractivity contribution in [3.05, 3.63) is 213 Å². The summed E-state index contributed by atoms with van der Waals surface area (Å²) in [7, 11) is 0. The second kappa shape index (κ2) is 16.2. The number of hydrogen-bond donors (Lipinski definition) is 9. The number of benzene rings is 8. The first kappa shape index (κ1) is 41.8. The zero-order valence-electron chi connectivity index (χ0n) is 35.8. The summed E-state index contributed by atoms with van der Waals surface area (Å²) in [6.07, 6.45) is 1.12. The molecular weight excluding hydrogens is 865 g/mol. The van der Waals surface area contributed by atoms with Crippen molar-refractivity contribution < 1.29 is 60.2 Å². The molecular formula is C56H42O12. The molecule has 0 aliphatic carbocycles. The number of phenols is 9. The zero-order valence-corrected chi connectivity index (χ0v) is 35.8. The van der Waals surface area contributed by atoms with Gasteiger partial charge in [-0.05, 0) is 124 Å². The molecule has 338 valence electrons. The third-order valence-electron chi connectivity index (χ3n) is 13.1. The van der Waals surface area contributed by atoms with Crippen molar-refractivity contribution in [3.63, 3.8) is 0 Å². The second-order valence-electron chi connectivity index (χ2n) is 17.3. The lowest BCUT2D eigenvalue weighted by molar-refractivity contribution is 0.219. The number of rotatable bonds is 8. The normalized spacial score (nSPS) is 20.0. The van der Waals surface area contributed by atoms with Gasteiger partial charge in [0.1, 0.15) is 87.3 Å². The maximum Gasteiger partial charge on any atom is 0.135 e. The van der Waals surface area contributed by atoms with E-state index in [4.69, 9.17) is 14.2 Å². The van der Waals surface area contributed by atoms with E-state index in [0.717, 1.165) is 5.56 Å². The Morgan fingerprint density at radius 3 is 1.19 bits per heavy atom. The lowest BCUT2D eigenvalue weighted by atomic mass is 9.73. The molecule has 3 aliphatic heterocycles. The summed E-state index contributed by atoms with van der Waals surface area (Å²) >= 11 is 0. The van der Waals surface area contributed by atoms with Crippen LogP contribution in [0.3, 0.4) is 0 Å². The highest BCUT2D eigenvalue weighted by atomic mass is 16.5. The van der Waals surface area contributed by atoms with E-state index in [1.54, 1.807) is 133 Å². The molecule has 12 heteroatoms. The van der Waals surface area contributed by atoms with Gasteiger partial charge in [0.25, 0.3) is 0 Å². The van der Waals surface area contributed by atoms with Gasteiger partial charge in [-0.3, -0.25) is 0 Å². The van der Waals surface area contributed by atoms with Crippen LogP contribution in [0.2, 0.25) is 0 Å². The molecule has 9 N–H and O–H groups in total. The monoisotopic (exact) mass is 906 g/mol. The molecule has 6 atom stereocenters. The summed E-state index contributed by atoms with van der Waals surface area (Å²) < 4.78 is 20.6. The van der Waals surface area contributed by atoms with Crippen molar-refractivity contribution in [2.24, 2.45) is 0 Å². The molecule has 3 aliphatic rings. The third-order valence-corrected chi connectivity index (χ3v) is 13.1. The molecule has 0 fully saturated rings. The van der Waals surface area contributed by atoms with Crippen molar-refractivity contribution in [1.29, 1.82) is 0 Å². The van der Waals surface area contributed by atoms with Crippen molar-refractivity contribution in [2.45, 2.75) is 36.1 Å². The summed E-state index contributed by atoms with van der Waals surface area (Å²) in [5, 5.41) is 98.2. The fraction of sp³-hybridized carbons (Fsp3) is 0.107. The van der Waals surface area contributed by atoms with Gasteiger partial charge in [0.05, 0.1) is 17.8 Å². The number of aromatic hydroxyl groups is 9. The zero-order chi connectivity index (χ0) is 47.0. The lowest BCUT2D eigenvalue weighted by Gasteiger charge is -2.28. The van der Waals surface area contributed by atoms with Crippen LogP contribution in [0.1, 0.15) is 97.3 Å². The van der Waals surface area contributed by atoms with Gasteiger partial charge in [-0.1, -0.05) is 60.7 Å². The Hall–Kier alpha value is -8.90. The number of phenolic OH excluding ortho intramolecular Hbond substituents is 9. The Balaban J connectivity index is 1.18. The van der Waals surface area contributed by atoms with Gasteiger partial charge in [0.2, 0.25) is 0 Å². The largest absolute Gasteiger partial charge is 0.508 e. The summed E-state index contributed by atoms with van der Waals surface area (Å²) in [5.74, 6) is -1.76. The van der Waals surface area contributed by atoms with E-state index in [1.807, 2.05) is 0 Å². The quantitative estimate of drug-likeness (QED) is 0.0652. The molecule has 0 spiro atoms. The second-order valence-corrected chi connectivity index (χ2v) is 17.3. The molecule has 0 amide bonds. The summed E-state index contributed by atoms with van der Waals surface area (Å²) in [4.78, 5) is 0. The fourth-order valence-corrected chi connectivity index (χ4v) is 10.2. The van der Waals surface area contributed by atoms with Crippen LogP contribution in [0.5, 0.6) is 69.0 Å². The molecule has 0 aromatic heterocycles. The van der Waals surface area contributed by atoms with E-state index < -0.39 is 36.1 Å². The SMILES string of the molecule is Oc1ccc(C=Cc2c(O)ccc3c2C(c2cc(O)cc4c2C(c2cc(O)cc5c2C(c2cc(O)cc(O)c2)C(c2ccc(O)cc2)O5)C(c2ccc(O)cc2)O4)C(c2ccc(O)cc2)O3)cc1. The molecule has 8 aromatic carbocycles. The van der Waals surface area contributed by atoms with Gasteiger partial charge in [-0.25, -0.2) is 0 Å². The minimum absolute atomic E-state index is 0.0236. The maximum atomic E-state index is 11.8. The average molecular weight is 907 g/mol. The molecule has 0 saturated carbocycles. The Morgan fingerprint density at radius 2 is 0.706 bits per heavy atom. The predicted octanol–water partition coefficient (Wildman–Crippen LogP) is 11.0. The van der Waals surface area contributed by atoms with Crippen LogP contribution in [-0.2, 0) is 0 Å². The van der Waals surface area contributed by atoms with E-state index in [2.05, 4.69) is 0 Å². The number of fused-ring (bicyclic) bond motifs is 3. The Morgan fingerprint density at radius 1 is 0.309 bits per heavy atom. The van der Waals surface area contributed by atoms with E-state index in [1.165, 1.54) is 30.3 Å². The standard InChI is InChI=1S/C56H42O12/c57-33-10-1-28(2-11-33)3-18-41-44(65)19-20-45-49(41)52(55(66-45)30-6-14-35(59)15-7-30)43-25-40(64)27-47-51(43)53(56(68-47)31-8-16-36(60)17-9-31)42-24-39(63)26-46-50(42)48(32-21-37(61)23-38(62)22-32)54(67-46)29-4-12-34(58)13-5-29/h1-27,48,52-65H. The Bertz CT molecular complexity index is 3250. The number of ether oxygens (including phenoxy) is 3. The summed E-state index contributed by atoms with van der Waals surface area (Å²) in [6, 6.07) is 40.2. The highest BCUT2D eigenvalue weighted by molar-refractivity contribution is 5.78. The fourth-order valence-electron chi connectivity index (χ4n) is 10.2. The first-order valence-corrected chi connectivity index (χ1v) is 21.8.